The molecule has 1 amide bonds. The van der Waals surface area contributed by atoms with Crippen LogP contribution in [0.5, 0.6) is 0 Å². The largest absolute Gasteiger partial charge is 0.351 e. The van der Waals surface area contributed by atoms with Crippen molar-refractivity contribution in [3.05, 3.63) is 68.3 Å². The standard InChI is InChI=1S/C21H20ClN3O2S2/c1-2-9-25-20(27)18-15-7-4-8-16(15)29-19(18)24-21(25)28-12-17(26)23-11-13-5-3-6-14(22)10-13/h2-3,5-6,10H,1,4,7-9,11-12H2,(H,23,26). The molecule has 0 bridgehead atoms. The van der Waals surface area contributed by atoms with Gasteiger partial charge in [0.2, 0.25) is 5.91 Å². The number of aryl methyl sites for hydroxylation is 2. The predicted molar refractivity (Wildman–Crippen MR) is 120 cm³/mol. The first-order valence-electron chi connectivity index (χ1n) is 9.36. The molecule has 1 N–H and O–H groups in total. The number of carbonyl (C=O) groups excluding carboxylic acids is 1. The molecule has 4 rings (SSSR count). The number of thiophene rings is 1. The minimum absolute atomic E-state index is 0.0314. The quantitative estimate of drug-likeness (QED) is 0.336. The van der Waals surface area contributed by atoms with Crippen LogP contribution in [-0.4, -0.2) is 21.2 Å². The molecule has 0 aliphatic heterocycles. The number of nitrogens with one attached hydrogen (secondary N) is 1. The summed E-state index contributed by atoms with van der Waals surface area (Å²) in [6, 6.07) is 7.38. The van der Waals surface area contributed by atoms with E-state index in [1.165, 1.54) is 16.6 Å². The zero-order valence-electron chi connectivity index (χ0n) is 15.7. The van der Waals surface area contributed by atoms with Gasteiger partial charge in [-0.15, -0.1) is 17.9 Å². The maximum absolute atomic E-state index is 13.1. The van der Waals surface area contributed by atoms with Crippen molar-refractivity contribution in [3.63, 3.8) is 0 Å². The molecule has 0 spiro atoms. The highest BCUT2D eigenvalue weighted by atomic mass is 35.5. The summed E-state index contributed by atoms with van der Waals surface area (Å²) in [6.07, 6.45) is 4.75. The third-order valence-corrected chi connectivity index (χ3v) is 7.21. The Morgan fingerprint density at radius 2 is 2.28 bits per heavy atom. The van der Waals surface area contributed by atoms with Crippen molar-refractivity contribution in [2.75, 3.05) is 5.75 Å². The topological polar surface area (TPSA) is 64.0 Å². The van der Waals surface area contributed by atoms with Crippen LogP contribution in [0.15, 0.2) is 46.9 Å². The Bertz CT molecular complexity index is 1150. The minimum Gasteiger partial charge on any atom is -0.351 e. The third-order valence-electron chi connectivity index (χ3n) is 4.81. The normalized spacial score (nSPS) is 12.9. The van der Waals surface area contributed by atoms with E-state index in [9.17, 15) is 9.59 Å². The second-order valence-electron chi connectivity index (χ2n) is 6.83. The average molecular weight is 446 g/mol. The van der Waals surface area contributed by atoms with Crippen molar-refractivity contribution in [3.8, 4) is 0 Å². The second-order valence-corrected chi connectivity index (χ2v) is 9.29. The first-order valence-corrected chi connectivity index (χ1v) is 11.5. The number of amides is 1. The van der Waals surface area contributed by atoms with E-state index >= 15 is 0 Å². The Morgan fingerprint density at radius 1 is 1.41 bits per heavy atom. The highest BCUT2D eigenvalue weighted by Crippen LogP contribution is 2.35. The lowest BCUT2D eigenvalue weighted by molar-refractivity contribution is -0.118. The number of thioether (sulfide) groups is 1. The molecule has 0 fully saturated rings. The molecule has 1 aliphatic carbocycles. The van der Waals surface area contributed by atoms with Crippen molar-refractivity contribution in [2.45, 2.75) is 37.5 Å². The first-order chi connectivity index (χ1) is 14.1. The lowest BCUT2D eigenvalue weighted by atomic mass is 10.2. The van der Waals surface area contributed by atoms with Gasteiger partial charge in [0.15, 0.2) is 5.16 Å². The van der Waals surface area contributed by atoms with Crippen LogP contribution in [0, 0.1) is 0 Å². The smallest absolute Gasteiger partial charge is 0.263 e. The number of benzene rings is 1. The van der Waals surface area contributed by atoms with E-state index in [0.29, 0.717) is 23.3 Å². The van der Waals surface area contributed by atoms with Gasteiger partial charge in [-0.05, 0) is 42.5 Å². The van der Waals surface area contributed by atoms with Crippen LogP contribution in [0.2, 0.25) is 5.02 Å². The Morgan fingerprint density at radius 3 is 3.07 bits per heavy atom. The van der Waals surface area contributed by atoms with Crippen molar-refractivity contribution in [1.29, 1.82) is 0 Å². The monoisotopic (exact) mass is 445 g/mol. The van der Waals surface area contributed by atoms with Gasteiger partial charge in [0.05, 0.1) is 11.1 Å². The number of aromatic nitrogens is 2. The van der Waals surface area contributed by atoms with E-state index in [1.54, 1.807) is 28.0 Å². The summed E-state index contributed by atoms with van der Waals surface area (Å²) in [5.74, 6) is 0.0592. The molecule has 29 heavy (non-hydrogen) atoms. The zero-order valence-corrected chi connectivity index (χ0v) is 18.1. The lowest BCUT2D eigenvalue weighted by Crippen LogP contribution is -2.26. The summed E-state index contributed by atoms with van der Waals surface area (Å²) in [7, 11) is 0. The fourth-order valence-corrected chi connectivity index (χ4v) is 5.84. The van der Waals surface area contributed by atoms with Gasteiger partial charge in [0.25, 0.3) is 5.56 Å². The molecule has 5 nitrogen and oxygen atoms in total. The number of hydrogen-bond donors (Lipinski definition) is 1. The molecule has 150 valence electrons. The van der Waals surface area contributed by atoms with Crippen LogP contribution in [-0.2, 0) is 30.7 Å². The number of allylic oxidation sites excluding steroid dienone is 1. The van der Waals surface area contributed by atoms with Gasteiger partial charge in [-0.1, -0.05) is 41.6 Å². The number of fused-ring (bicyclic) bond motifs is 3. The van der Waals surface area contributed by atoms with Gasteiger partial charge in [0, 0.05) is 23.0 Å². The molecule has 0 atom stereocenters. The van der Waals surface area contributed by atoms with Crippen molar-refractivity contribution >= 4 is 50.8 Å². The molecule has 0 unspecified atom stereocenters. The van der Waals surface area contributed by atoms with E-state index in [-0.39, 0.29) is 17.2 Å². The highest BCUT2D eigenvalue weighted by molar-refractivity contribution is 7.99. The lowest BCUT2D eigenvalue weighted by Gasteiger charge is -2.11. The molecule has 2 aromatic heterocycles. The average Bonchev–Trinajstić information content (AvgIpc) is 3.28. The van der Waals surface area contributed by atoms with Crippen LogP contribution in [0.1, 0.15) is 22.4 Å². The van der Waals surface area contributed by atoms with E-state index in [4.69, 9.17) is 16.6 Å². The minimum atomic E-state index is -0.122. The van der Waals surface area contributed by atoms with Crippen LogP contribution in [0.3, 0.4) is 0 Å². The fraction of sp³-hybridized carbons (Fsp3) is 0.286. The van der Waals surface area contributed by atoms with E-state index in [1.807, 2.05) is 18.2 Å². The van der Waals surface area contributed by atoms with E-state index < -0.39 is 0 Å². The van der Waals surface area contributed by atoms with Crippen LogP contribution in [0.25, 0.3) is 10.2 Å². The van der Waals surface area contributed by atoms with Gasteiger partial charge >= 0.3 is 0 Å². The summed E-state index contributed by atoms with van der Waals surface area (Å²) in [6.45, 7) is 4.54. The van der Waals surface area contributed by atoms with Crippen molar-refractivity contribution in [1.82, 2.24) is 14.9 Å². The Kier molecular flexibility index (Phi) is 6.08. The van der Waals surface area contributed by atoms with Gasteiger partial charge < -0.3 is 5.32 Å². The summed E-state index contributed by atoms with van der Waals surface area (Å²) < 4.78 is 1.62. The van der Waals surface area contributed by atoms with E-state index in [2.05, 4.69) is 11.9 Å². The van der Waals surface area contributed by atoms with Gasteiger partial charge in [-0.2, -0.15) is 0 Å². The first kappa shape index (κ1) is 20.2. The van der Waals surface area contributed by atoms with Crippen LogP contribution >= 0.6 is 34.7 Å². The molecule has 2 heterocycles. The fourth-order valence-electron chi connectivity index (χ4n) is 3.49. The maximum Gasteiger partial charge on any atom is 0.263 e. The highest BCUT2D eigenvalue weighted by Gasteiger charge is 2.23. The van der Waals surface area contributed by atoms with Crippen molar-refractivity contribution in [2.24, 2.45) is 0 Å². The van der Waals surface area contributed by atoms with Gasteiger partial charge in [-0.25, -0.2) is 4.98 Å². The molecule has 1 aromatic carbocycles. The summed E-state index contributed by atoms with van der Waals surface area (Å²) in [5.41, 5.74) is 2.07. The molecule has 0 radical (unpaired) electrons. The number of halogens is 1. The number of hydrogen-bond acceptors (Lipinski definition) is 5. The Labute approximate surface area is 181 Å². The molecular weight excluding hydrogens is 426 g/mol. The third kappa shape index (κ3) is 4.27. The molecule has 8 heteroatoms. The summed E-state index contributed by atoms with van der Waals surface area (Å²) in [5, 5.41) is 4.82. The summed E-state index contributed by atoms with van der Waals surface area (Å²) in [4.78, 5) is 32.2. The Hall–Kier alpha value is -2.09. The van der Waals surface area contributed by atoms with Gasteiger partial charge in [-0.3, -0.25) is 14.2 Å². The van der Waals surface area contributed by atoms with Crippen LogP contribution in [0.4, 0.5) is 0 Å². The second kappa shape index (κ2) is 8.73. The van der Waals surface area contributed by atoms with Crippen molar-refractivity contribution < 1.29 is 4.79 Å². The summed E-state index contributed by atoms with van der Waals surface area (Å²) >= 11 is 8.86. The Balaban J connectivity index is 1.51. The maximum atomic E-state index is 13.1. The predicted octanol–water partition coefficient (Wildman–Crippen LogP) is 4.19. The molecule has 0 saturated heterocycles. The SMILES string of the molecule is C=CCn1c(SCC(=O)NCc2cccc(Cl)c2)nc2sc3c(c2c1=O)CCC3. The molecule has 1 aliphatic rings. The number of carbonyl (C=O) groups is 1. The van der Waals surface area contributed by atoms with E-state index in [0.717, 1.165) is 40.6 Å². The zero-order chi connectivity index (χ0) is 20.4. The molecular formula is C21H20ClN3O2S2. The molecule has 3 aromatic rings. The number of rotatable bonds is 7. The number of nitrogens with zero attached hydrogens (tertiary/aromatic N) is 2. The van der Waals surface area contributed by atoms with Gasteiger partial charge in [0.1, 0.15) is 4.83 Å². The molecule has 0 saturated carbocycles. The van der Waals surface area contributed by atoms with Crippen LogP contribution < -0.4 is 10.9 Å².